The third-order valence-electron chi connectivity index (χ3n) is 4.07. The molecule has 0 aromatic heterocycles. The zero-order valence-electron chi connectivity index (χ0n) is 9.04. The van der Waals surface area contributed by atoms with Crippen LogP contribution < -0.4 is 0 Å². The van der Waals surface area contributed by atoms with Crippen molar-refractivity contribution >= 4 is 8.56 Å². The Morgan fingerprint density at radius 1 is 1.00 bits per heavy atom. The van der Waals surface area contributed by atoms with Crippen LogP contribution >= 0.6 is 0 Å². The van der Waals surface area contributed by atoms with E-state index in [9.17, 15) is 0 Å². The van der Waals surface area contributed by atoms with Crippen molar-refractivity contribution in [2.75, 3.05) is 14.2 Å². The van der Waals surface area contributed by atoms with Crippen LogP contribution in [0.2, 0.25) is 11.1 Å². The highest BCUT2D eigenvalue weighted by atomic mass is 28.4. The van der Waals surface area contributed by atoms with Gasteiger partial charge in [-0.05, 0) is 24.7 Å². The average molecular weight is 200 g/mol. The van der Waals surface area contributed by atoms with Gasteiger partial charge in [0, 0.05) is 25.3 Å². The van der Waals surface area contributed by atoms with Crippen LogP contribution in [0.3, 0.4) is 0 Å². The lowest BCUT2D eigenvalue weighted by molar-refractivity contribution is 0.235. The maximum Gasteiger partial charge on any atom is 0.344 e. The van der Waals surface area contributed by atoms with E-state index in [0.29, 0.717) is 0 Å². The largest absolute Gasteiger partial charge is 0.397 e. The molecule has 2 atom stereocenters. The molecule has 0 amide bonds. The van der Waals surface area contributed by atoms with Crippen LogP contribution in [0.25, 0.3) is 0 Å². The Morgan fingerprint density at radius 2 is 1.46 bits per heavy atom. The van der Waals surface area contributed by atoms with Crippen molar-refractivity contribution < 1.29 is 8.85 Å². The van der Waals surface area contributed by atoms with Gasteiger partial charge in [-0.3, -0.25) is 0 Å². The van der Waals surface area contributed by atoms with Gasteiger partial charge in [-0.2, -0.15) is 0 Å². The van der Waals surface area contributed by atoms with Crippen LogP contribution in [-0.4, -0.2) is 22.8 Å². The van der Waals surface area contributed by atoms with Crippen molar-refractivity contribution in [3.8, 4) is 0 Å². The highest BCUT2D eigenvalue weighted by Crippen LogP contribution is 2.64. The summed E-state index contributed by atoms with van der Waals surface area (Å²) < 4.78 is 11.6. The molecule has 2 aliphatic rings. The first-order valence-electron chi connectivity index (χ1n) is 5.27. The van der Waals surface area contributed by atoms with Crippen LogP contribution in [0.1, 0.15) is 26.7 Å². The predicted molar refractivity (Wildman–Crippen MR) is 54.8 cm³/mol. The average Bonchev–Trinajstić information content (AvgIpc) is 3.02. The molecule has 0 bridgehead atoms. The lowest BCUT2D eigenvalue weighted by Gasteiger charge is -2.28. The van der Waals surface area contributed by atoms with Crippen molar-refractivity contribution in [1.29, 1.82) is 0 Å². The van der Waals surface area contributed by atoms with Gasteiger partial charge in [0.05, 0.1) is 0 Å². The molecular formula is C10H20O2Si. The molecule has 76 valence electrons. The topological polar surface area (TPSA) is 18.5 Å². The minimum Gasteiger partial charge on any atom is -0.397 e. The smallest absolute Gasteiger partial charge is 0.344 e. The lowest BCUT2D eigenvalue weighted by atomic mass is 10.4. The first-order chi connectivity index (χ1) is 6.17. The molecule has 3 heteroatoms. The molecule has 0 spiro atoms. The second-order valence-electron chi connectivity index (χ2n) is 4.65. The van der Waals surface area contributed by atoms with Gasteiger partial charge in [-0.15, -0.1) is 0 Å². The molecule has 0 aromatic carbocycles. The maximum atomic E-state index is 5.79. The Hall–Kier alpha value is 0.137. The van der Waals surface area contributed by atoms with Crippen LogP contribution in [0.4, 0.5) is 0 Å². The van der Waals surface area contributed by atoms with Gasteiger partial charge in [-0.25, -0.2) is 0 Å². The zero-order chi connectivity index (χ0) is 9.64. The zero-order valence-corrected chi connectivity index (χ0v) is 10.0. The van der Waals surface area contributed by atoms with Crippen LogP contribution in [0.5, 0.6) is 0 Å². The third-order valence-corrected chi connectivity index (χ3v) is 9.04. The van der Waals surface area contributed by atoms with E-state index in [4.69, 9.17) is 8.85 Å². The van der Waals surface area contributed by atoms with E-state index in [0.717, 1.165) is 22.9 Å². The van der Waals surface area contributed by atoms with Gasteiger partial charge < -0.3 is 8.85 Å². The fourth-order valence-corrected chi connectivity index (χ4v) is 7.70. The summed E-state index contributed by atoms with van der Waals surface area (Å²) in [4.78, 5) is 0. The Morgan fingerprint density at radius 3 is 1.69 bits per heavy atom. The number of hydrogen-bond acceptors (Lipinski definition) is 2. The van der Waals surface area contributed by atoms with E-state index in [1.165, 1.54) is 12.8 Å². The maximum absolute atomic E-state index is 5.79. The van der Waals surface area contributed by atoms with Gasteiger partial charge in [0.15, 0.2) is 0 Å². The standard InChI is InChI=1S/C10H20O2Si/c1-7-8(2)10(7)13(11-3,12-4)9-5-6-9/h7-10H,5-6H2,1-4H3. The molecule has 2 saturated carbocycles. The third kappa shape index (κ3) is 1.29. The van der Waals surface area contributed by atoms with Gasteiger partial charge in [0.25, 0.3) is 0 Å². The minimum atomic E-state index is -1.80. The normalized spacial score (nSPS) is 39.2. The summed E-state index contributed by atoms with van der Waals surface area (Å²) in [5.41, 5.74) is 1.55. The monoisotopic (exact) mass is 200 g/mol. The molecule has 0 heterocycles. The molecule has 0 aromatic rings. The second kappa shape index (κ2) is 3.07. The minimum absolute atomic E-state index is 0.759. The first kappa shape index (κ1) is 9.68. The Kier molecular flexibility index (Phi) is 2.29. The van der Waals surface area contributed by atoms with E-state index >= 15 is 0 Å². The van der Waals surface area contributed by atoms with E-state index in [-0.39, 0.29) is 0 Å². The summed E-state index contributed by atoms with van der Waals surface area (Å²) >= 11 is 0. The summed E-state index contributed by atoms with van der Waals surface area (Å²) in [6.45, 7) is 4.66. The van der Waals surface area contributed by atoms with Crippen molar-refractivity contribution in [2.45, 2.75) is 37.8 Å². The molecule has 2 rings (SSSR count). The highest BCUT2D eigenvalue weighted by Gasteiger charge is 2.66. The molecule has 0 radical (unpaired) electrons. The molecule has 0 aliphatic heterocycles. The fraction of sp³-hybridized carbons (Fsp3) is 1.00. The summed E-state index contributed by atoms with van der Waals surface area (Å²) in [6.07, 6.45) is 2.67. The van der Waals surface area contributed by atoms with Crippen LogP contribution in [-0.2, 0) is 8.85 Å². The molecule has 0 saturated heterocycles. The van der Waals surface area contributed by atoms with Gasteiger partial charge in [0.2, 0.25) is 0 Å². The second-order valence-corrected chi connectivity index (χ2v) is 8.39. The van der Waals surface area contributed by atoms with E-state index in [2.05, 4.69) is 13.8 Å². The summed E-state index contributed by atoms with van der Waals surface area (Å²) in [5, 5.41) is 0. The highest BCUT2D eigenvalue weighted by molar-refractivity contribution is 6.72. The van der Waals surface area contributed by atoms with E-state index in [1.54, 1.807) is 0 Å². The van der Waals surface area contributed by atoms with Crippen molar-refractivity contribution in [3.63, 3.8) is 0 Å². The SMILES string of the molecule is CO[Si](OC)(C1CC1)C1C(C)C1C. The fourth-order valence-electron chi connectivity index (χ4n) is 2.84. The Balaban J connectivity index is 2.12. The predicted octanol–water partition coefficient (Wildman–Crippen LogP) is 2.54. The summed E-state index contributed by atoms with van der Waals surface area (Å²) in [6, 6.07) is 0. The molecule has 2 fully saturated rings. The molecular weight excluding hydrogens is 180 g/mol. The summed E-state index contributed by atoms with van der Waals surface area (Å²) in [7, 11) is 1.90. The van der Waals surface area contributed by atoms with Crippen molar-refractivity contribution in [1.82, 2.24) is 0 Å². The van der Waals surface area contributed by atoms with E-state index in [1.807, 2.05) is 14.2 Å². The number of rotatable bonds is 4. The van der Waals surface area contributed by atoms with Crippen LogP contribution in [0, 0.1) is 11.8 Å². The van der Waals surface area contributed by atoms with Gasteiger partial charge in [0.1, 0.15) is 0 Å². The van der Waals surface area contributed by atoms with Crippen molar-refractivity contribution in [2.24, 2.45) is 11.8 Å². The van der Waals surface area contributed by atoms with Gasteiger partial charge in [-0.1, -0.05) is 13.8 Å². The molecule has 2 aliphatic carbocycles. The molecule has 0 N–H and O–H groups in total. The Bertz CT molecular complexity index is 191. The molecule has 2 unspecified atom stereocenters. The van der Waals surface area contributed by atoms with Crippen LogP contribution in [0.15, 0.2) is 0 Å². The number of hydrogen-bond donors (Lipinski definition) is 0. The Labute approximate surface area is 81.9 Å². The van der Waals surface area contributed by atoms with Crippen molar-refractivity contribution in [3.05, 3.63) is 0 Å². The van der Waals surface area contributed by atoms with E-state index < -0.39 is 8.56 Å². The molecule has 13 heavy (non-hydrogen) atoms. The van der Waals surface area contributed by atoms with Gasteiger partial charge >= 0.3 is 8.56 Å². The quantitative estimate of drug-likeness (QED) is 0.649. The molecule has 2 nitrogen and oxygen atoms in total. The lowest BCUT2D eigenvalue weighted by Crippen LogP contribution is -2.42. The first-order valence-corrected chi connectivity index (χ1v) is 7.24. The summed E-state index contributed by atoms with van der Waals surface area (Å²) in [5.74, 6) is 1.65.